The highest BCUT2D eigenvalue weighted by molar-refractivity contribution is 5.74. The molecule has 3 aromatic rings. The number of nitrogens with one attached hydrogen (secondary N) is 1. The van der Waals surface area contributed by atoms with E-state index in [2.05, 4.69) is 10.3 Å². The van der Waals surface area contributed by atoms with Crippen molar-refractivity contribution < 1.29 is 18.3 Å². The number of fused-ring (bicyclic) bond motifs is 1. The minimum Gasteiger partial charge on any atom is -0.388 e. The first-order chi connectivity index (χ1) is 15.5. The fourth-order valence-electron chi connectivity index (χ4n) is 4.35. The molecule has 0 bridgehead atoms. The van der Waals surface area contributed by atoms with E-state index in [4.69, 9.17) is 0 Å². The first-order valence-electron chi connectivity index (χ1n) is 10.8. The zero-order valence-corrected chi connectivity index (χ0v) is 18.4. The molecule has 1 aliphatic rings. The van der Waals surface area contributed by atoms with Crippen molar-refractivity contribution in [2.75, 3.05) is 11.9 Å². The lowest BCUT2D eigenvalue weighted by molar-refractivity contribution is -0.137. The molecule has 1 aliphatic carbocycles. The Morgan fingerprint density at radius 1 is 1.06 bits per heavy atom. The van der Waals surface area contributed by atoms with Gasteiger partial charge >= 0.3 is 11.9 Å². The van der Waals surface area contributed by atoms with Gasteiger partial charge in [0.15, 0.2) is 11.2 Å². The van der Waals surface area contributed by atoms with E-state index in [0.717, 1.165) is 36.0 Å². The van der Waals surface area contributed by atoms with Gasteiger partial charge in [-0.2, -0.15) is 18.2 Å². The maximum atomic E-state index is 13.2. The van der Waals surface area contributed by atoms with Crippen molar-refractivity contribution in [2.24, 2.45) is 14.1 Å². The van der Waals surface area contributed by atoms with Crippen LogP contribution in [0.5, 0.6) is 0 Å². The van der Waals surface area contributed by atoms with Crippen molar-refractivity contribution in [1.82, 2.24) is 18.7 Å². The number of benzene rings is 1. The van der Waals surface area contributed by atoms with Gasteiger partial charge in [0.2, 0.25) is 5.95 Å². The number of aliphatic hydroxyl groups is 1. The molecule has 1 aromatic carbocycles. The third kappa shape index (κ3) is 4.41. The molecule has 0 unspecified atom stereocenters. The number of aryl methyl sites for hydroxylation is 2. The fraction of sp³-hybridized carbons (Fsp3) is 0.500. The van der Waals surface area contributed by atoms with Crippen LogP contribution in [0.15, 0.2) is 33.9 Å². The van der Waals surface area contributed by atoms with Crippen LogP contribution in [0.4, 0.5) is 19.1 Å². The molecule has 1 fully saturated rings. The van der Waals surface area contributed by atoms with E-state index in [0.29, 0.717) is 24.4 Å². The molecule has 1 saturated carbocycles. The van der Waals surface area contributed by atoms with Gasteiger partial charge in [-0.1, -0.05) is 31.4 Å². The summed E-state index contributed by atoms with van der Waals surface area (Å²) in [6.45, 7) is 0.102. The zero-order chi connectivity index (χ0) is 24.0. The van der Waals surface area contributed by atoms with Gasteiger partial charge in [0.25, 0.3) is 5.56 Å². The molecule has 2 N–H and O–H groups in total. The summed E-state index contributed by atoms with van der Waals surface area (Å²) in [6.07, 6.45) is -0.110. The van der Waals surface area contributed by atoms with Crippen molar-refractivity contribution in [1.29, 1.82) is 0 Å². The minimum atomic E-state index is -4.46. The van der Waals surface area contributed by atoms with Crippen LogP contribution in [0, 0.1) is 0 Å². The second kappa shape index (κ2) is 8.36. The van der Waals surface area contributed by atoms with Crippen molar-refractivity contribution in [2.45, 2.75) is 50.4 Å². The number of alkyl halides is 3. The number of imidazole rings is 1. The molecule has 0 amide bonds. The molecule has 0 radical (unpaired) electrons. The molecule has 0 saturated heterocycles. The number of anilines is 1. The van der Waals surface area contributed by atoms with Crippen molar-refractivity contribution in [3.05, 3.63) is 56.2 Å². The number of nitrogens with zero attached hydrogens (tertiary/aromatic N) is 4. The van der Waals surface area contributed by atoms with E-state index >= 15 is 0 Å². The van der Waals surface area contributed by atoms with E-state index in [-0.39, 0.29) is 24.3 Å². The Balaban J connectivity index is 1.67. The Morgan fingerprint density at radius 3 is 2.30 bits per heavy atom. The van der Waals surface area contributed by atoms with Crippen LogP contribution < -0.4 is 16.6 Å². The van der Waals surface area contributed by atoms with Gasteiger partial charge in [0.1, 0.15) is 0 Å². The van der Waals surface area contributed by atoms with Gasteiger partial charge < -0.3 is 15.0 Å². The molecule has 2 heterocycles. The third-order valence-electron chi connectivity index (χ3n) is 6.34. The predicted molar refractivity (Wildman–Crippen MR) is 117 cm³/mol. The minimum absolute atomic E-state index is 0.173. The Morgan fingerprint density at radius 2 is 1.70 bits per heavy atom. The summed E-state index contributed by atoms with van der Waals surface area (Å²) >= 11 is 0. The highest BCUT2D eigenvalue weighted by Gasteiger charge is 2.31. The molecular formula is C22H26F3N5O3. The summed E-state index contributed by atoms with van der Waals surface area (Å²) in [5.74, 6) is 0.350. The van der Waals surface area contributed by atoms with E-state index in [1.54, 1.807) is 7.05 Å². The predicted octanol–water partition coefficient (Wildman–Crippen LogP) is 2.61. The standard InChI is InChI=1S/C22H26F3N5O3/c1-28-16-17(27-19(28)26-13-21(33)10-4-3-5-11-21)29(2)20(32)30(18(16)31)12-14-6-8-15(9-7-14)22(23,24)25/h6-9,33H,3-5,10-13H2,1-2H3,(H,26,27). The van der Waals surface area contributed by atoms with Crippen molar-refractivity contribution in [3.63, 3.8) is 0 Å². The lowest BCUT2D eigenvalue weighted by Crippen LogP contribution is -2.40. The van der Waals surface area contributed by atoms with Gasteiger partial charge in [-0.25, -0.2) is 4.79 Å². The second-order valence-electron chi connectivity index (χ2n) is 8.73. The SMILES string of the molecule is Cn1c(NCC2(O)CCCCC2)nc2c1c(=O)n(Cc1ccc(C(F)(F)F)cc1)c(=O)n2C. The van der Waals surface area contributed by atoms with Crippen molar-refractivity contribution in [3.8, 4) is 0 Å². The number of halogens is 3. The lowest BCUT2D eigenvalue weighted by atomic mass is 9.85. The van der Waals surface area contributed by atoms with E-state index in [1.807, 2.05) is 0 Å². The Labute approximate surface area is 187 Å². The molecule has 4 rings (SSSR count). The first kappa shape index (κ1) is 23.1. The van der Waals surface area contributed by atoms with E-state index < -0.39 is 28.6 Å². The topological polar surface area (TPSA) is 94.1 Å². The largest absolute Gasteiger partial charge is 0.416 e. The first-order valence-corrected chi connectivity index (χ1v) is 10.8. The van der Waals surface area contributed by atoms with Crippen molar-refractivity contribution >= 4 is 17.1 Å². The lowest BCUT2D eigenvalue weighted by Gasteiger charge is -2.32. The van der Waals surface area contributed by atoms with Crippen LogP contribution in [0.1, 0.15) is 43.2 Å². The van der Waals surface area contributed by atoms with Crippen LogP contribution in [-0.4, -0.2) is 35.9 Å². The van der Waals surface area contributed by atoms with Crippen LogP contribution in [0.25, 0.3) is 11.2 Å². The van der Waals surface area contributed by atoms with Crippen LogP contribution >= 0.6 is 0 Å². The van der Waals surface area contributed by atoms with Crippen LogP contribution in [0.2, 0.25) is 0 Å². The molecule has 11 heteroatoms. The molecule has 0 aliphatic heterocycles. The molecule has 178 valence electrons. The molecule has 8 nitrogen and oxygen atoms in total. The number of aromatic nitrogens is 4. The zero-order valence-electron chi connectivity index (χ0n) is 18.4. The van der Waals surface area contributed by atoms with Crippen LogP contribution in [0.3, 0.4) is 0 Å². The highest BCUT2D eigenvalue weighted by atomic mass is 19.4. The molecular weight excluding hydrogens is 439 g/mol. The summed E-state index contributed by atoms with van der Waals surface area (Å²) in [4.78, 5) is 30.4. The normalized spacial score (nSPS) is 16.3. The van der Waals surface area contributed by atoms with E-state index in [1.165, 1.54) is 28.3 Å². The average molecular weight is 465 g/mol. The summed E-state index contributed by atoms with van der Waals surface area (Å²) in [6, 6.07) is 4.34. The Kier molecular flexibility index (Phi) is 5.85. The molecule has 0 spiro atoms. The van der Waals surface area contributed by atoms with Gasteiger partial charge in [0.05, 0.1) is 17.7 Å². The summed E-state index contributed by atoms with van der Waals surface area (Å²) in [5.41, 5.74) is -2.09. The monoisotopic (exact) mass is 465 g/mol. The molecule has 33 heavy (non-hydrogen) atoms. The fourth-order valence-corrected chi connectivity index (χ4v) is 4.35. The highest BCUT2D eigenvalue weighted by Crippen LogP contribution is 2.29. The third-order valence-corrected chi connectivity index (χ3v) is 6.34. The smallest absolute Gasteiger partial charge is 0.388 e. The maximum Gasteiger partial charge on any atom is 0.416 e. The summed E-state index contributed by atoms with van der Waals surface area (Å²) in [5, 5.41) is 13.8. The van der Waals surface area contributed by atoms with Gasteiger partial charge in [-0.15, -0.1) is 0 Å². The van der Waals surface area contributed by atoms with Gasteiger partial charge in [-0.3, -0.25) is 13.9 Å². The quantitative estimate of drug-likeness (QED) is 0.604. The summed E-state index contributed by atoms with van der Waals surface area (Å²) in [7, 11) is 3.12. The summed E-state index contributed by atoms with van der Waals surface area (Å²) < 4.78 is 42.2. The second-order valence-corrected chi connectivity index (χ2v) is 8.73. The number of rotatable bonds is 5. The van der Waals surface area contributed by atoms with Crippen LogP contribution in [-0.2, 0) is 26.8 Å². The van der Waals surface area contributed by atoms with Gasteiger partial charge in [-0.05, 0) is 30.5 Å². The number of hydrogen-bond donors (Lipinski definition) is 2. The van der Waals surface area contributed by atoms with E-state index in [9.17, 15) is 27.9 Å². The maximum absolute atomic E-state index is 13.2. The molecule has 2 aromatic heterocycles. The number of hydrogen-bond acceptors (Lipinski definition) is 5. The Bertz CT molecular complexity index is 1280. The molecule has 0 atom stereocenters. The Hall–Kier alpha value is -3.08. The average Bonchev–Trinajstić information content (AvgIpc) is 3.10. The van der Waals surface area contributed by atoms with Gasteiger partial charge in [0, 0.05) is 20.6 Å².